The van der Waals surface area contributed by atoms with E-state index in [1.807, 2.05) is 0 Å². The van der Waals surface area contributed by atoms with Crippen molar-refractivity contribution in [2.75, 3.05) is 0 Å². The molecule has 88 valence electrons. The summed E-state index contributed by atoms with van der Waals surface area (Å²) in [7, 11) is -1.22. The monoisotopic (exact) mass is 242 g/mol. The third kappa shape index (κ3) is 2.50. The predicted octanol–water partition coefficient (Wildman–Crippen LogP) is 2.24. The van der Waals surface area contributed by atoms with E-state index in [0.717, 1.165) is 25.7 Å². The van der Waals surface area contributed by atoms with Crippen LogP contribution in [-0.4, -0.2) is 20.7 Å². The SMILES string of the molecule is O=S(c1ccc(F)cc1)[C@@H]1CCCC[C@H]1O. The lowest BCUT2D eigenvalue weighted by atomic mass is 9.97. The maximum atomic E-state index is 12.7. The van der Waals surface area contributed by atoms with E-state index >= 15 is 0 Å². The van der Waals surface area contributed by atoms with Crippen molar-refractivity contribution >= 4 is 10.8 Å². The van der Waals surface area contributed by atoms with Crippen molar-refractivity contribution in [1.29, 1.82) is 0 Å². The fraction of sp³-hybridized carbons (Fsp3) is 0.500. The van der Waals surface area contributed by atoms with Crippen molar-refractivity contribution in [2.24, 2.45) is 0 Å². The minimum Gasteiger partial charge on any atom is -0.392 e. The Kier molecular flexibility index (Phi) is 3.71. The molecule has 1 unspecified atom stereocenters. The maximum Gasteiger partial charge on any atom is 0.123 e. The van der Waals surface area contributed by atoms with Crippen LogP contribution < -0.4 is 0 Å². The number of hydrogen-bond acceptors (Lipinski definition) is 2. The molecule has 0 amide bonds. The first-order chi connectivity index (χ1) is 7.68. The molecule has 1 aromatic rings. The van der Waals surface area contributed by atoms with Gasteiger partial charge in [-0.15, -0.1) is 0 Å². The first-order valence-corrected chi connectivity index (χ1v) is 6.74. The minimum atomic E-state index is -1.22. The van der Waals surface area contributed by atoms with Crippen molar-refractivity contribution in [3.05, 3.63) is 30.1 Å². The molecule has 1 aromatic carbocycles. The van der Waals surface area contributed by atoms with Gasteiger partial charge in [0, 0.05) is 4.90 Å². The van der Waals surface area contributed by atoms with Gasteiger partial charge >= 0.3 is 0 Å². The van der Waals surface area contributed by atoms with Crippen molar-refractivity contribution in [3.8, 4) is 0 Å². The molecule has 1 saturated carbocycles. The van der Waals surface area contributed by atoms with Gasteiger partial charge < -0.3 is 5.11 Å². The van der Waals surface area contributed by atoms with Gasteiger partial charge in [0.05, 0.1) is 22.2 Å². The van der Waals surface area contributed by atoms with Crippen molar-refractivity contribution < 1.29 is 13.7 Å². The molecule has 0 bridgehead atoms. The molecule has 1 aliphatic carbocycles. The molecule has 0 heterocycles. The average Bonchev–Trinajstić information content (AvgIpc) is 2.30. The Morgan fingerprint density at radius 1 is 1.19 bits per heavy atom. The molecule has 0 spiro atoms. The molecule has 2 rings (SSSR count). The van der Waals surface area contributed by atoms with Gasteiger partial charge in [0.2, 0.25) is 0 Å². The van der Waals surface area contributed by atoms with Gasteiger partial charge in [-0.2, -0.15) is 0 Å². The third-order valence-electron chi connectivity index (χ3n) is 2.99. The predicted molar refractivity (Wildman–Crippen MR) is 61.1 cm³/mol. The molecule has 1 aliphatic rings. The van der Waals surface area contributed by atoms with Crippen LogP contribution in [0.15, 0.2) is 29.2 Å². The number of aliphatic hydroxyl groups is 1. The summed E-state index contributed by atoms with van der Waals surface area (Å²) in [5.41, 5.74) is 0. The van der Waals surface area contributed by atoms with Crippen LogP contribution >= 0.6 is 0 Å². The number of hydrogen-bond donors (Lipinski definition) is 1. The average molecular weight is 242 g/mol. The Balaban J connectivity index is 2.14. The van der Waals surface area contributed by atoms with E-state index in [1.165, 1.54) is 24.3 Å². The zero-order valence-electron chi connectivity index (χ0n) is 8.93. The van der Waals surface area contributed by atoms with Gasteiger partial charge in [-0.1, -0.05) is 12.8 Å². The van der Waals surface area contributed by atoms with E-state index in [1.54, 1.807) is 0 Å². The standard InChI is InChI=1S/C12H15FO2S/c13-9-5-7-10(8-6-9)16(15)12-4-2-1-3-11(12)14/h5-8,11-12,14H,1-4H2/t11-,12-,16?/m1/s1. The quantitative estimate of drug-likeness (QED) is 0.863. The van der Waals surface area contributed by atoms with Crippen LogP contribution in [0.1, 0.15) is 25.7 Å². The topological polar surface area (TPSA) is 37.3 Å². The zero-order chi connectivity index (χ0) is 11.5. The highest BCUT2D eigenvalue weighted by Crippen LogP contribution is 2.26. The van der Waals surface area contributed by atoms with E-state index in [0.29, 0.717) is 4.90 Å². The fourth-order valence-electron chi connectivity index (χ4n) is 2.07. The smallest absolute Gasteiger partial charge is 0.123 e. The molecule has 2 nitrogen and oxygen atoms in total. The van der Waals surface area contributed by atoms with E-state index < -0.39 is 16.9 Å². The molecule has 4 heteroatoms. The Labute approximate surface area is 96.9 Å². The van der Waals surface area contributed by atoms with Crippen LogP contribution in [0.5, 0.6) is 0 Å². The van der Waals surface area contributed by atoms with Crippen LogP contribution in [0, 0.1) is 5.82 Å². The molecule has 16 heavy (non-hydrogen) atoms. The van der Waals surface area contributed by atoms with Crippen LogP contribution in [0.2, 0.25) is 0 Å². The van der Waals surface area contributed by atoms with E-state index in [-0.39, 0.29) is 11.1 Å². The second-order valence-corrected chi connectivity index (χ2v) is 5.81. The van der Waals surface area contributed by atoms with Crippen molar-refractivity contribution in [2.45, 2.75) is 41.9 Å². The molecule has 0 aromatic heterocycles. The molecular weight excluding hydrogens is 227 g/mol. The Morgan fingerprint density at radius 3 is 2.44 bits per heavy atom. The summed E-state index contributed by atoms with van der Waals surface area (Å²) in [4.78, 5) is 0.604. The summed E-state index contributed by atoms with van der Waals surface area (Å²) >= 11 is 0. The second-order valence-electron chi connectivity index (χ2n) is 4.14. The van der Waals surface area contributed by atoms with Crippen molar-refractivity contribution in [1.82, 2.24) is 0 Å². The van der Waals surface area contributed by atoms with Gasteiger partial charge in [0.15, 0.2) is 0 Å². The molecule has 0 aliphatic heterocycles. The summed E-state index contributed by atoms with van der Waals surface area (Å²) in [6.07, 6.45) is 3.02. The largest absolute Gasteiger partial charge is 0.392 e. The fourth-order valence-corrected chi connectivity index (χ4v) is 3.63. The van der Waals surface area contributed by atoms with Crippen LogP contribution in [-0.2, 0) is 10.8 Å². The van der Waals surface area contributed by atoms with Gasteiger partial charge in [0.25, 0.3) is 0 Å². The molecule has 3 atom stereocenters. The number of benzene rings is 1. The summed E-state index contributed by atoms with van der Waals surface area (Å²) in [6.45, 7) is 0. The highest BCUT2D eigenvalue weighted by Gasteiger charge is 2.28. The first-order valence-electron chi connectivity index (χ1n) is 5.52. The summed E-state index contributed by atoms with van der Waals surface area (Å²) < 4.78 is 24.9. The lowest BCUT2D eigenvalue weighted by molar-refractivity contribution is 0.135. The number of rotatable bonds is 2. The minimum absolute atomic E-state index is 0.195. The van der Waals surface area contributed by atoms with Crippen LogP contribution in [0.3, 0.4) is 0 Å². The van der Waals surface area contributed by atoms with Crippen LogP contribution in [0.25, 0.3) is 0 Å². The lowest BCUT2D eigenvalue weighted by Crippen LogP contribution is -2.33. The van der Waals surface area contributed by atoms with E-state index in [4.69, 9.17) is 0 Å². The van der Waals surface area contributed by atoms with Crippen molar-refractivity contribution in [3.63, 3.8) is 0 Å². The molecule has 1 N–H and O–H groups in total. The lowest BCUT2D eigenvalue weighted by Gasteiger charge is -2.26. The highest BCUT2D eigenvalue weighted by atomic mass is 32.2. The number of halogens is 1. The van der Waals surface area contributed by atoms with Gasteiger partial charge in [-0.05, 0) is 37.1 Å². The van der Waals surface area contributed by atoms with Gasteiger partial charge in [-0.25, -0.2) is 4.39 Å². The van der Waals surface area contributed by atoms with Gasteiger partial charge in [0.1, 0.15) is 5.82 Å². The first kappa shape index (κ1) is 11.7. The maximum absolute atomic E-state index is 12.7. The summed E-state index contributed by atoms with van der Waals surface area (Å²) in [5.74, 6) is -0.329. The third-order valence-corrected chi connectivity index (χ3v) is 4.83. The Bertz CT molecular complexity index is 377. The second kappa shape index (κ2) is 5.06. The molecule has 0 saturated heterocycles. The normalized spacial score (nSPS) is 27.6. The molecule has 1 fully saturated rings. The zero-order valence-corrected chi connectivity index (χ0v) is 9.75. The van der Waals surface area contributed by atoms with E-state index in [2.05, 4.69) is 0 Å². The highest BCUT2D eigenvalue weighted by molar-refractivity contribution is 7.85. The molecular formula is C12H15FO2S. The molecule has 0 radical (unpaired) electrons. The van der Waals surface area contributed by atoms with Gasteiger partial charge in [-0.3, -0.25) is 4.21 Å². The Morgan fingerprint density at radius 2 is 1.81 bits per heavy atom. The summed E-state index contributed by atoms with van der Waals surface area (Å²) in [6, 6.07) is 5.68. The van der Waals surface area contributed by atoms with Crippen LogP contribution in [0.4, 0.5) is 4.39 Å². The number of aliphatic hydroxyl groups excluding tert-OH is 1. The summed E-state index contributed by atoms with van der Waals surface area (Å²) in [5, 5.41) is 9.59. The van der Waals surface area contributed by atoms with E-state index in [9.17, 15) is 13.7 Å². The Hall–Kier alpha value is -0.740.